The van der Waals surface area contributed by atoms with Gasteiger partial charge in [0.25, 0.3) is 0 Å². The molecule has 30 heavy (non-hydrogen) atoms. The zero-order valence-corrected chi connectivity index (χ0v) is 17.0. The maximum atomic E-state index is 12.1. The van der Waals surface area contributed by atoms with Gasteiger partial charge in [0.15, 0.2) is 23.2 Å². The van der Waals surface area contributed by atoms with Gasteiger partial charge in [-0.15, -0.1) is 0 Å². The molecule has 4 N–H and O–H groups in total. The second-order valence-corrected chi connectivity index (χ2v) is 7.23. The number of carbonyl (C=O) groups excluding carboxylic acids is 2. The molecule has 0 saturated heterocycles. The molecule has 0 radical (unpaired) electrons. The Hall–Kier alpha value is -2.62. The number of benzene rings is 1. The van der Waals surface area contributed by atoms with Crippen LogP contribution in [-0.4, -0.2) is 70.0 Å². The first kappa shape index (κ1) is 23.7. The van der Waals surface area contributed by atoms with Crippen molar-refractivity contribution in [3.05, 3.63) is 29.8 Å². The van der Waals surface area contributed by atoms with Gasteiger partial charge >= 0.3 is 11.9 Å². The average Bonchev–Trinajstić information content (AvgIpc) is 2.70. The third-order valence-corrected chi connectivity index (χ3v) is 4.83. The van der Waals surface area contributed by atoms with Crippen molar-refractivity contribution in [1.29, 1.82) is 0 Å². The number of aliphatic hydroxyl groups is 3. The molecular weight excluding hydrogens is 396 g/mol. The highest BCUT2D eigenvalue weighted by Gasteiger charge is 2.51. The molecule has 9 nitrogen and oxygen atoms in total. The van der Waals surface area contributed by atoms with E-state index < -0.39 is 48.7 Å². The van der Waals surface area contributed by atoms with Crippen molar-refractivity contribution in [2.24, 2.45) is 0 Å². The van der Waals surface area contributed by atoms with E-state index >= 15 is 0 Å². The quantitative estimate of drug-likeness (QED) is 0.272. The van der Waals surface area contributed by atoms with Crippen LogP contribution in [0.1, 0.15) is 38.2 Å². The molecule has 1 aliphatic carbocycles. The predicted octanol–water partition coefficient (Wildman–Crippen LogP) is 0.916. The van der Waals surface area contributed by atoms with Crippen LogP contribution < -0.4 is 4.74 Å². The highest BCUT2D eigenvalue weighted by Crippen LogP contribution is 2.32. The zero-order chi connectivity index (χ0) is 22.3. The fourth-order valence-electron chi connectivity index (χ4n) is 3.17. The van der Waals surface area contributed by atoms with Gasteiger partial charge in [-0.25, -0.2) is 9.59 Å². The van der Waals surface area contributed by atoms with E-state index in [1.807, 2.05) is 6.92 Å². The van der Waals surface area contributed by atoms with Crippen LogP contribution in [0.3, 0.4) is 0 Å². The summed E-state index contributed by atoms with van der Waals surface area (Å²) in [5.74, 6) is -1.57. The van der Waals surface area contributed by atoms with Crippen molar-refractivity contribution in [2.45, 2.75) is 56.5 Å². The molecule has 1 aromatic carbocycles. The van der Waals surface area contributed by atoms with Gasteiger partial charge in [0.2, 0.25) is 0 Å². The van der Waals surface area contributed by atoms with E-state index in [9.17, 15) is 30.0 Å². The molecule has 0 heterocycles. The molecule has 166 valence electrons. The molecule has 0 bridgehead atoms. The Morgan fingerprint density at radius 3 is 2.50 bits per heavy atom. The number of aromatic hydroxyl groups is 1. The van der Waals surface area contributed by atoms with Crippen LogP contribution in [-0.2, 0) is 19.1 Å². The van der Waals surface area contributed by atoms with E-state index in [-0.39, 0.29) is 18.1 Å². The summed E-state index contributed by atoms with van der Waals surface area (Å²) in [6.45, 7) is 2.05. The number of esters is 2. The summed E-state index contributed by atoms with van der Waals surface area (Å²) in [6.07, 6.45) is -1.13. The van der Waals surface area contributed by atoms with Crippen molar-refractivity contribution in [2.75, 3.05) is 13.7 Å². The van der Waals surface area contributed by atoms with E-state index in [4.69, 9.17) is 14.2 Å². The van der Waals surface area contributed by atoms with Gasteiger partial charge < -0.3 is 34.6 Å². The fourth-order valence-corrected chi connectivity index (χ4v) is 3.17. The Kier molecular flexibility index (Phi) is 8.22. The number of hydrogen-bond donors (Lipinski definition) is 4. The summed E-state index contributed by atoms with van der Waals surface area (Å²) < 4.78 is 15.1. The number of rotatable bonds is 8. The number of unbranched alkanes of at least 4 members (excludes halogenated alkanes) is 1. The van der Waals surface area contributed by atoms with Crippen molar-refractivity contribution in [3.63, 3.8) is 0 Å². The van der Waals surface area contributed by atoms with Crippen LogP contribution in [0.5, 0.6) is 11.5 Å². The van der Waals surface area contributed by atoms with Gasteiger partial charge in [0.05, 0.1) is 25.9 Å². The molecule has 0 aromatic heterocycles. The number of hydrogen-bond acceptors (Lipinski definition) is 9. The fraction of sp³-hybridized carbons (Fsp3) is 0.524. The molecule has 1 fully saturated rings. The van der Waals surface area contributed by atoms with Gasteiger partial charge in [-0.1, -0.05) is 19.4 Å². The molecule has 1 aromatic rings. The first-order valence-electron chi connectivity index (χ1n) is 9.71. The highest BCUT2D eigenvalue weighted by molar-refractivity contribution is 5.87. The lowest BCUT2D eigenvalue weighted by molar-refractivity contribution is -0.200. The van der Waals surface area contributed by atoms with E-state index in [0.717, 1.165) is 12.5 Å². The molecule has 0 amide bonds. The number of methoxy groups -OCH3 is 1. The summed E-state index contributed by atoms with van der Waals surface area (Å²) in [5.41, 5.74) is -1.50. The number of ether oxygens (including phenoxy) is 3. The van der Waals surface area contributed by atoms with E-state index in [1.165, 1.54) is 25.3 Å². The minimum absolute atomic E-state index is 0.0496. The van der Waals surface area contributed by atoms with Crippen LogP contribution in [0, 0.1) is 0 Å². The smallest absolute Gasteiger partial charge is 0.338 e. The van der Waals surface area contributed by atoms with Crippen molar-refractivity contribution in [1.82, 2.24) is 0 Å². The van der Waals surface area contributed by atoms with Crippen LogP contribution in [0.25, 0.3) is 6.08 Å². The Bertz CT molecular complexity index is 762. The molecule has 1 saturated carbocycles. The van der Waals surface area contributed by atoms with Crippen LogP contribution in [0.2, 0.25) is 0 Å². The molecule has 0 aliphatic heterocycles. The normalized spacial score (nSPS) is 26.4. The highest BCUT2D eigenvalue weighted by atomic mass is 16.6. The van der Waals surface area contributed by atoms with Gasteiger partial charge in [0.1, 0.15) is 0 Å². The number of phenolic OH excluding ortho intramolecular Hbond substituents is 1. The zero-order valence-electron chi connectivity index (χ0n) is 17.0. The van der Waals surface area contributed by atoms with Gasteiger partial charge in [-0.3, -0.25) is 0 Å². The molecule has 2 rings (SSSR count). The van der Waals surface area contributed by atoms with Crippen molar-refractivity contribution >= 4 is 18.0 Å². The average molecular weight is 424 g/mol. The lowest BCUT2D eigenvalue weighted by Gasteiger charge is -2.39. The Morgan fingerprint density at radius 2 is 1.90 bits per heavy atom. The third-order valence-electron chi connectivity index (χ3n) is 4.83. The summed E-state index contributed by atoms with van der Waals surface area (Å²) in [5, 5.41) is 40.6. The predicted molar refractivity (Wildman–Crippen MR) is 106 cm³/mol. The standard InChI is InChI=1S/C21H28O9/c1-3-4-9-29-20(26)21(27)11-15(23)19(16(24)12-21)30-18(25)8-6-13-5-7-14(22)17(10-13)28-2/h5-8,10,15-16,19,22-24,27H,3-4,9,11-12H2,1-2H3/t15-,16-,19?,21?/m1/s1. The molecule has 2 atom stereocenters. The topological polar surface area (TPSA) is 143 Å². The van der Waals surface area contributed by atoms with Gasteiger partial charge in [0, 0.05) is 18.9 Å². The minimum Gasteiger partial charge on any atom is -0.504 e. The molecule has 0 spiro atoms. The maximum Gasteiger partial charge on any atom is 0.338 e. The summed E-state index contributed by atoms with van der Waals surface area (Å²) in [7, 11) is 1.39. The SMILES string of the molecule is CCCCOC(=O)C1(O)C[C@@H](O)C(OC(=O)C=Cc2ccc(O)c(OC)c2)[C@H](O)C1. The monoisotopic (exact) mass is 424 g/mol. The number of aliphatic hydroxyl groups excluding tert-OH is 2. The van der Waals surface area contributed by atoms with Gasteiger partial charge in [-0.2, -0.15) is 0 Å². The second-order valence-electron chi connectivity index (χ2n) is 7.23. The first-order valence-corrected chi connectivity index (χ1v) is 9.71. The van der Waals surface area contributed by atoms with Gasteiger partial charge in [-0.05, 0) is 30.2 Å². The lowest BCUT2D eigenvalue weighted by atomic mass is 9.79. The Labute approximate surface area is 174 Å². The Morgan fingerprint density at radius 1 is 1.23 bits per heavy atom. The van der Waals surface area contributed by atoms with E-state index in [2.05, 4.69) is 0 Å². The molecule has 0 unspecified atom stereocenters. The Balaban J connectivity index is 1.97. The third kappa shape index (κ3) is 5.94. The molecular formula is C21H28O9. The number of carbonyl (C=O) groups is 2. The minimum atomic E-state index is -2.05. The maximum absolute atomic E-state index is 12.1. The van der Waals surface area contributed by atoms with Crippen molar-refractivity contribution in [3.8, 4) is 11.5 Å². The summed E-state index contributed by atoms with van der Waals surface area (Å²) in [4.78, 5) is 24.2. The summed E-state index contributed by atoms with van der Waals surface area (Å²) >= 11 is 0. The van der Waals surface area contributed by atoms with E-state index in [1.54, 1.807) is 6.07 Å². The largest absolute Gasteiger partial charge is 0.504 e. The second kappa shape index (κ2) is 10.4. The van der Waals surface area contributed by atoms with E-state index in [0.29, 0.717) is 12.0 Å². The van der Waals surface area contributed by atoms with Crippen LogP contribution in [0.4, 0.5) is 0 Å². The summed E-state index contributed by atoms with van der Waals surface area (Å²) in [6, 6.07) is 4.46. The molecule has 1 aliphatic rings. The first-order chi connectivity index (χ1) is 14.2. The van der Waals surface area contributed by atoms with Crippen LogP contribution in [0.15, 0.2) is 24.3 Å². The number of phenols is 1. The molecule has 9 heteroatoms. The lowest BCUT2D eigenvalue weighted by Crippen LogP contribution is -2.57. The van der Waals surface area contributed by atoms with Crippen LogP contribution >= 0.6 is 0 Å². The van der Waals surface area contributed by atoms with Crippen molar-refractivity contribution < 1.29 is 44.2 Å².